The maximum absolute atomic E-state index is 13.0. The highest BCUT2D eigenvalue weighted by atomic mass is 16.6. The molecule has 0 aromatic carbocycles. The van der Waals surface area contributed by atoms with Crippen LogP contribution in [0, 0.1) is 23.7 Å². The Hall–Kier alpha value is -1.14. The summed E-state index contributed by atoms with van der Waals surface area (Å²) in [7, 11) is 0. The number of nitrogens with zero attached hydrogens (tertiary/aromatic N) is 1. The van der Waals surface area contributed by atoms with E-state index in [-0.39, 0.29) is 41.9 Å². The van der Waals surface area contributed by atoms with Gasteiger partial charge >= 0.3 is 6.09 Å². The van der Waals surface area contributed by atoms with Crippen molar-refractivity contribution in [1.82, 2.24) is 4.90 Å². The molecule has 26 heavy (non-hydrogen) atoms. The summed E-state index contributed by atoms with van der Waals surface area (Å²) in [5.74, 6) is 0.215. The van der Waals surface area contributed by atoms with E-state index < -0.39 is 11.7 Å². The average molecular weight is 367 g/mol. The van der Waals surface area contributed by atoms with E-state index >= 15 is 0 Å². The summed E-state index contributed by atoms with van der Waals surface area (Å²) in [4.78, 5) is 27.0. The van der Waals surface area contributed by atoms with Gasteiger partial charge in [0.15, 0.2) is 0 Å². The Morgan fingerprint density at radius 1 is 1.23 bits per heavy atom. The number of epoxide rings is 1. The predicted octanol–water partition coefficient (Wildman–Crippen LogP) is 3.23. The number of ether oxygens (including phenoxy) is 3. The van der Waals surface area contributed by atoms with Crippen molar-refractivity contribution in [2.45, 2.75) is 78.2 Å². The quantitative estimate of drug-likeness (QED) is 0.551. The molecule has 7 atom stereocenters. The molecule has 0 aromatic rings. The molecule has 6 nitrogen and oxygen atoms in total. The normalized spacial score (nSPS) is 38.8. The van der Waals surface area contributed by atoms with Crippen molar-refractivity contribution in [2.75, 3.05) is 13.2 Å². The van der Waals surface area contributed by atoms with Crippen molar-refractivity contribution >= 4 is 12.0 Å². The molecule has 6 heteroatoms. The predicted molar refractivity (Wildman–Crippen MR) is 96.6 cm³/mol. The Labute approximate surface area is 156 Å². The lowest BCUT2D eigenvalue weighted by Crippen LogP contribution is -2.45. The van der Waals surface area contributed by atoms with Crippen LogP contribution in [0.25, 0.3) is 0 Å². The maximum atomic E-state index is 13.0. The van der Waals surface area contributed by atoms with Crippen molar-refractivity contribution in [3.8, 4) is 0 Å². The third kappa shape index (κ3) is 3.50. The molecule has 0 N–H and O–H groups in total. The summed E-state index contributed by atoms with van der Waals surface area (Å²) in [6, 6.07) is -0.199. The van der Waals surface area contributed by atoms with E-state index in [9.17, 15) is 9.59 Å². The summed E-state index contributed by atoms with van der Waals surface area (Å²) in [5.41, 5.74) is -0.626. The van der Waals surface area contributed by atoms with E-state index in [1.807, 2.05) is 27.7 Å². The summed E-state index contributed by atoms with van der Waals surface area (Å²) >= 11 is 0. The third-order valence-electron chi connectivity index (χ3n) is 6.05. The van der Waals surface area contributed by atoms with Gasteiger partial charge in [-0.3, -0.25) is 4.79 Å². The summed E-state index contributed by atoms with van der Waals surface area (Å²) in [6.07, 6.45) is 1.66. The van der Waals surface area contributed by atoms with E-state index in [0.717, 1.165) is 19.4 Å². The third-order valence-corrected chi connectivity index (χ3v) is 6.05. The van der Waals surface area contributed by atoms with Crippen LogP contribution in [0.3, 0.4) is 0 Å². The zero-order valence-electron chi connectivity index (χ0n) is 16.9. The number of amides is 2. The molecule has 0 spiro atoms. The minimum Gasteiger partial charge on any atom is -0.443 e. The number of rotatable bonds is 5. The SMILES string of the molecule is CCCCOC[C@H]1[C@H](C)[C@@H]2O[C@@H]2[C@@H]2C(=O)N(C(=O)OC(C)(C)C)[C@H](C)[C@@H]12. The van der Waals surface area contributed by atoms with Crippen molar-refractivity contribution in [3.05, 3.63) is 0 Å². The smallest absolute Gasteiger partial charge is 0.417 e. The molecule has 0 aromatic heterocycles. The average Bonchev–Trinajstić information content (AvgIpc) is 3.27. The van der Waals surface area contributed by atoms with Crippen LogP contribution < -0.4 is 0 Å². The summed E-state index contributed by atoms with van der Waals surface area (Å²) in [6.45, 7) is 13.1. The lowest BCUT2D eigenvalue weighted by Gasteiger charge is -2.36. The second kappa shape index (κ2) is 7.12. The zero-order chi connectivity index (χ0) is 19.2. The lowest BCUT2D eigenvalue weighted by molar-refractivity contribution is -0.132. The molecule has 0 bridgehead atoms. The van der Waals surface area contributed by atoms with Crippen LogP contribution in [0.4, 0.5) is 4.79 Å². The number of carbonyl (C=O) groups excluding carboxylic acids is 2. The van der Waals surface area contributed by atoms with Gasteiger partial charge in [-0.05, 0) is 51.9 Å². The monoisotopic (exact) mass is 367 g/mol. The van der Waals surface area contributed by atoms with Crippen molar-refractivity contribution < 1.29 is 23.8 Å². The Kier molecular flexibility index (Phi) is 5.37. The first kappa shape index (κ1) is 19.6. The minimum atomic E-state index is -0.626. The molecule has 3 aliphatic rings. The number of imide groups is 1. The second-order valence-corrected chi connectivity index (χ2v) is 9.05. The van der Waals surface area contributed by atoms with Gasteiger partial charge in [0, 0.05) is 12.6 Å². The highest BCUT2D eigenvalue weighted by Gasteiger charge is 2.67. The molecule has 1 aliphatic carbocycles. The van der Waals surface area contributed by atoms with Crippen LogP contribution in [0.5, 0.6) is 0 Å². The summed E-state index contributed by atoms with van der Waals surface area (Å²) in [5, 5.41) is 0. The number of hydrogen-bond donors (Lipinski definition) is 0. The number of hydrogen-bond acceptors (Lipinski definition) is 5. The van der Waals surface area contributed by atoms with Gasteiger partial charge in [0.2, 0.25) is 5.91 Å². The fourth-order valence-electron chi connectivity index (χ4n) is 4.72. The van der Waals surface area contributed by atoms with Gasteiger partial charge in [0.1, 0.15) is 5.60 Å². The molecule has 3 rings (SSSR count). The van der Waals surface area contributed by atoms with Gasteiger partial charge in [-0.2, -0.15) is 0 Å². The highest BCUT2D eigenvalue weighted by Crippen LogP contribution is 2.55. The molecular weight excluding hydrogens is 334 g/mol. The number of likely N-dealkylation sites (tertiary alicyclic amines) is 1. The number of unbranched alkanes of at least 4 members (excludes halogenated alkanes) is 1. The molecule has 2 aliphatic heterocycles. The van der Waals surface area contributed by atoms with E-state index in [1.165, 1.54) is 4.90 Å². The molecule has 148 valence electrons. The first-order valence-corrected chi connectivity index (χ1v) is 9.96. The molecule has 2 heterocycles. The topological polar surface area (TPSA) is 68.4 Å². The Balaban J connectivity index is 1.77. The van der Waals surface area contributed by atoms with Crippen LogP contribution in [-0.4, -0.2) is 54.0 Å². The van der Waals surface area contributed by atoms with Crippen molar-refractivity contribution in [2.24, 2.45) is 23.7 Å². The van der Waals surface area contributed by atoms with Crippen LogP contribution in [-0.2, 0) is 19.0 Å². The van der Waals surface area contributed by atoms with E-state index in [2.05, 4.69) is 13.8 Å². The highest BCUT2D eigenvalue weighted by molar-refractivity contribution is 5.96. The molecular formula is C20H33NO5. The number of fused-ring (bicyclic) bond motifs is 3. The second-order valence-electron chi connectivity index (χ2n) is 9.05. The van der Waals surface area contributed by atoms with Gasteiger partial charge in [0.05, 0.1) is 24.7 Å². The Morgan fingerprint density at radius 2 is 1.92 bits per heavy atom. The zero-order valence-corrected chi connectivity index (χ0v) is 16.9. The van der Waals surface area contributed by atoms with Crippen LogP contribution in [0.1, 0.15) is 54.4 Å². The first-order chi connectivity index (χ1) is 12.2. The van der Waals surface area contributed by atoms with Gasteiger partial charge in [-0.25, -0.2) is 9.69 Å². The molecule has 0 radical (unpaired) electrons. The molecule has 2 saturated heterocycles. The van der Waals surface area contributed by atoms with Gasteiger partial charge in [-0.1, -0.05) is 20.3 Å². The van der Waals surface area contributed by atoms with Crippen molar-refractivity contribution in [3.63, 3.8) is 0 Å². The van der Waals surface area contributed by atoms with Crippen molar-refractivity contribution in [1.29, 1.82) is 0 Å². The standard InChI is InChI=1S/C20H33NO5/c1-7-8-9-24-10-13-11(2)16-17(25-16)15-14(13)12(3)21(18(15)22)19(23)26-20(4,5)6/h11-17H,7-10H2,1-6H3/t11-,12+,13-,14-,15+,16-,17+/m0/s1. The van der Waals surface area contributed by atoms with E-state index in [0.29, 0.717) is 12.5 Å². The van der Waals surface area contributed by atoms with Crippen LogP contribution in [0.15, 0.2) is 0 Å². The lowest BCUT2D eigenvalue weighted by atomic mass is 9.66. The Bertz CT molecular complexity index is 557. The number of carbonyl (C=O) groups is 2. The van der Waals surface area contributed by atoms with E-state index in [4.69, 9.17) is 14.2 Å². The van der Waals surface area contributed by atoms with Gasteiger partial charge in [0.25, 0.3) is 0 Å². The van der Waals surface area contributed by atoms with Gasteiger partial charge < -0.3 is 14.2 Å². The van der Waals surface area contributed by atoms with Gasteiger partial charge in [-0.15, -0.1) is 0 Å². The summed E-state index contributed by atoms with van der Waals surface area (Å²) < 4.78 is 17.3. The van der Waals surface area contributed by atoms with E-state index in [1.54, 1.807) is 0 Å². The molecule has 2 amide bonds. The largest absolute Gasteiger partial charge is 0.443 e. The molecule has 0 unspecified atom stereocenters. The van der Waals surface area contributed by atoms with Crippen LogP contribution >= 0.6 is 0 Å². The fourth-order valence-corrected chi connectivity index (χ4v) is 4.72. The molecule has 1 saturated carbocycles. The minimum absolute atomic E-state index is 0.0516. The first-order valence-electron chi connectivity index (χ1n) is 9.96. The maximum Gasteiger partial charge on any atom is 0.417 e. The fraction of sp³-hybridized carbons (Fsp3) is 0.900. The molecule has 3 fully saturated rings. The Morgan fingerprint density at radius 3 is 2.54 bits per heavy atom. The van der Waals surface area contributed by atoms with Crippen LogP contribution in [0.2, 0.25) is 0 Å².